The van der Waals surface area contributed by atoms with Crippen LogP contribution in [0.1, 0.15) is 53.4 Å². The summed E-state index contributed by atoms with van der Waals surface area (Å²) in [6.07, 6.45) is 1.81. The van der Waals surface area contributed by atoms with Crippen molar-refractivity contribution < 1.29 is 24.3 Å². The van der Waals surface area contributed by atoms with Gasteiger partial charge in [0.15, 0.2) is 0 Å². The van der Waals surface area contributed by atoms with Crippen LogP contribution in [0.2, 0.25) is 0 Å². The van der Waals surface area contributed by atoms with Crippen LogP contribution in [-0.4, -0.2) is 64.9 Å². The average molecular weight is 399 g/mol. The van der Waals surface area contributed by atoms with E-state index in [1.165, 1.54) is 4.90 Å². The molecule has 0 saturated carbocycles. The van der Waals surface area contributed by atoms with Gasteiger partial charge in [0, 0.05) is 6.54 Å². The number of amides is 3. The molecule has 28 heavy (non-hydrogen) atoms. The molecule has 9 nitrogen and oxygen atoms in total. The van der Waals surface area contributed by atoms with Crippen LogP contribution in [0.15, 0.2) is 0 Å². The summed E-state index contributed by atoms with van der Waals surface area (Å²) < 4.78 is 0. The number of nitrogens with two attached hydrogens (primary N) is 1. The number of rotatable bonds is 10. The molecule has 1 rings (SSSR count). The van der Waals surface area contributed by atoms with Gasteiger partial charge in [-0.2, -0.15) is 0 Å². The maximum atomic E-state index is 13.0. The molecule has 1 fully saturated rings. The van der Waals surface area contributed by atoms with E-state index in [-0.39, 0.29) is 24.3 Å². The lowest BCUT2D eigenvalue weighted by atomic mass is 9.99. The predicted molar refractivity (Wildman–Crippen MR) is 104 cm³/mol. The number of likely N-dealkylation sites (tertiary alicyclic amines) is 1. The first-order chi connectivity index (χ1) is 13.1. The zero-order chi connectivity index (χ0) is 21.4. The maximum absolute atomic E-state index is 13.0. The minimum atomic E-state index is -1.03. The van der Waals surface area contributed by atoms with Crippen LogP contribution in [0.3, 0.4) is 0 Å². The number of carboxylic acid groups (broad SMARTS) is 1. The SMILES string of the molecule is CC(C)CC(NC(=O)CN)C(=O)NC(CC(C)C)C(=O)N1CCCC1C(=O)O. The van der Waals surface area contributed by atoms with Gasteiger partial charge in [0.1, 0.15) is 18.1 Å². The van der Waals surface area contributed by atoms with Crippen molar-refractivity contribution >= 4 is 23.7 Å². The molecular formula is C19H34N4O5. The van der Waals surface area contributed by atoms with E-state index in [1.54, 1.807) is 0 Å². The number of aliphatic carboxylic acids is 1. The van der Waals surface area contributed by atoms with Crippen LogP contribution in [0.5, 0.6) is 0 Å². The van der Waals surface area contributed by atoms with Gasteiger partial charge in [-0.25, -0.2) is 4.79 Å². The van der Waals surface area contributed by atoms with E-state index in [0.717, 1.165) is 0 Å². The van der Waals surface area contributed by atoms with E-state index in [1.807, 2.05) is 27.7 Å². The number of nitrogens with one attached hydrogen (secondary N) is 2. The lowest BCUT2D eigenvalue weighted by Gasteiger charge is -2.29. The Bertz CT molecular complexity index is 579. The van der Waals surface area contributed by atoms with Crippen LogP contribution in [0, 0.1) is 11.8 Å². The summed E-state index contributed by atoms with van der Waals surface area (Å²) in [5.41, 5.74) is 5.33. The maximum Gasteiger partial charge on any atom is 0.326 e. The Balaban J connectivity index is 2.95. The second kappa shape index (κ2) is 11.0. The van der Waals surface area contributed by atoms with Gasteiger partial charge in [0.2, 0.25) is 17.7 Å². The average Bonchev–Trinajstić information content (AvgIpc) is 3.08. The van der Waals surface area contributed by atoms with Crippen LogP contribution < -0.4 is 16.4 Å². The standard InChI is InChI=1S/C19H34N4O5/c1-11(2)8-13(21-16(24)10-20)17(25)22-14(9-12(3)4)18(26)23-7-5-6-15(23)19(27)28/h11-15H,5-10,20H2,1-4H3,(H,21,24)(H,22,25)(H,27,28). The number of hydrogen-bond donors (Lipinski definition) is 4. The van der Waals surface area contributed by atoms with Crippen molar-refractivity contribution in [3.63, 3.8) is 0 Å². The predicted octanol–water partition coefficient (Wildman–Crippen LogP) is 0.0825. The van der Waals surface area contributed by atoms with Crippen molar-refractivity contribution in [2.75, 3.05) is 13.1 Å². The monoisotopic (exact) mass is 398 g/mol. The van der Waals surface area contributed by atoms with Gasteiger partial charge in [0.05, 0.1) is 6.54 Å². The van der Waals surface area contributed by atoms with Crippen LogP contribution in [0.4, 0.5) is 0 Å². The molecule has 0 aromatic rings. The zero-order valence-electron chi connectivity index (χ0n) is 17.2. The minimum Gasteiger partial charge on any atom is -0.480 e. The summed E-state index contributed by atoms with van der Waals surface area (Å²) in [7, 11) is 0. The molecule has 3 atom stereocenters. The van der Waals surface area contributed by atoms with Gasteiger partial charge in [-0.05, 0) is 37.5 Å². The largest absolute Gasteiger partial charge is 0.480 e. The number of hydrogen-bond acceptors (Lipinski definition) is 5. The molecule has 1 aliphatic rings. The number of carbonyl (C=O) groups excluding carboxylic acids is 3. The summed E-state index contributed by atoms with van der Waals surface area (Å²) in [5, 5.41) is 14.7. The van der Waals surface area contributed by atoms with Crippen molar-refractivity contribution in [2.24, 2.45) is 17.6 Å². The van der Waals surface area contributed by atoms with Crippen LogP contribution >= 0.6 is 0 Å². The van der Waals surface area contributed by atoms with Crippen molar-refractivity contribution in [2.45, 2.75) is 71.5 Å². The highest BCUT2D eigenvalue weighted by Gasteiger charge is 2.38. The Labute approximate surface area is 166 Å². The molecule has 160 valence electrons. The highest BCUT2D eigenvalue weighted by Crippen LogP contribution is 2.20. The number of nitrogens with zero attached hydrogens (tertiary/aromatic N) is 1. The lowest BCUT2D eigenvalue weighted by molar-refractivity contribution is -0.149. The minimum absolute atomic E-state index is 0.113. The fraction of sp³-hybridized carbons (Fsp3) is 0.789. The van der Waals surface area contributed by atoms with Gasteiger partial charge >= 0.3 is 5.97 Å². The quantitative estimate of drug-likeness (QED) is 0.411. The molecule has 0 bridgehead atoms. The van der Waals surface area contributed by atoms with Gasteiger partial charge in [-0.1, -0.05) is 27.7 Å². The summed E-state index contributed by atoms with van der Waals surface area (Å²) in [6, 6.07) is -2.49. The summed E-state index contributed by atoms with van der Waals surface area (Å²) in [5.74, 6) is -2.07. The Morgan fingerprint density at radius 1 is 1.04 bits per heavy atom. The normalized spacial score (nSPS) is 18.8. The fourth-order valence-electron chi connectivity index (χ4n) is 3.41. The molecular weight excluding hydrogens is 364 g/mol. The van der Waals surface area contributed by atoms with Gasteiger partial charge in [-0.3, -0.25) is 14.4 Å². The van der Waals surface area contributed by atoms with Crippen LogP contribution in [0.25, 0.3) is 0 Å². The Morgan fingerprint density at radius 3 is 2.11 bits per heavy atom. The van der Waals surface area contributed by atoms with Crippen molar-refractivity contribution in [1.29, 1.82) is 0 Å². The smallest absolute Gasteiger partial charge is 0.326 e. The number of carboxylic acids is 1. The highest BCUT2D eigenvalue weighted by molar-refractivity contribution is 5.93. The van der Waals surface area contributed by atoms with E-state index >= 15 is 0 Å². The Kier molecular flexibility index (Phi) is 9.37. The first-order valence-electron chi connectivity index (χ1n) is 9.89. The molecule has 3 amide bonds. The molecule has 0 aromatic carbocycles. The second-order valence-electron chi connectivity index (χ2n) is 8.17. The molecule has 0 aromatic heterocycles. The van der Waals surface area contributed by atoms with E-state index in [0.29, 0.717) is 32.2 Å². The van der Waals surface area contributed by atoms with Crippen molar-refractivity contribution in [3.8, 4) is 0 Å². The molecule has 1 aliphatic heterocycles. The molecule has 0 spiro atoms. The van der Waals surface area contributed by atoms with Gasteiger partial charge in [0.25, 0.3) is 0 Å². The first kappa shape index (κ1) is 23.9. The zero-order valence-corrected chi connectivity index (χ0v) is 17.2. The second-order valence-corrected chi connectivity index (χ2v) is 8.17. The van der Waals surface area contributed by atoms with E-state index < -0.39 is 35.9 Å². The number of carbonyl (C=O) groups is 4. The summed E-state index contributed by atoms with van der Waals surface area (Å²) in [4.78, 5) is 50.2. The third kappa shape index (κ3) is 7.10. The highest BCUT2D eigenvalue weighted by atomic mass is 16.4. The topological polar surface area (TPSA) is 142 Å². The summed E-state index contributed by atoms with van der Waals surface area (Å²) in [6.45, 7) is 7.82. The van der Waals surface area contributed by atoms with Crippen molar-refractivity contribution in [1.82, 2.24) is 15.5 Å². The third-order valence-corrected chi connectivity index (χ3v) is 4.69. The molecule has 1 saturated heterocycles. The molecule has 1 heterocycles. The lowest BCUT2D eigenvalue weighted by Crippen LogP contribution is -2.56. The molecule has 0 radical (unpaired) electrons. The van der Waals surface area contributed by atoms with E-state index in [4.69, 9.17) is 5.73 Å². The molecule has 3 unspecified atom stereocenters. The van der Waals surface area contributed by atoms with Gasteiger partial charge < -0.3 is 26.4 Å². The fourth-order valence-corrected chi connectivity index (χ4v) is 3.41. The molecule has 0 aliphatic carbocycles. The summed E-state index contributed by atoms with van der Waals surface area (Å²) >= 11 is 0. The molecule has 5 N–H and O–H groups in total. The Hall–Kier alpha value is -2.16. The third-order valence-electron chi connectivity index (χ3n) is 4.69. The molecule has 9 heteroatoms. The van der Waals surface area contributed by atoms with Gasteiger partial charge in [-0.15, -0.1) is 0 Å². The van der Waals surface area contributed by atoms with E-state index in [9.17, 15) is 24.3 Å². The van der Waals surface area contributed by atoms with E-state index in [2.05, 4.69) is 10.6 Å². The van der Waals surface area contributed by atoms with Crippen LogP contribution in [-0.2, 0) is 19.2 Å². The van der Waals surface area contributed by atoms with Crippen molar-refractivity contribution in [3.05, 3.63) is 0 Å². The Morgan fingerprint density at radius 2 is 1.61 bits per heavy atom. The first-order valence-corrected chi connectivity index (χ1v) is 9.89.